The number of hydrogen-bond acceptors (Lipinski definition) is 4. The van der Waals surface area contributed by atoms with E-state index >= 15 is 0 Å². The molecule has 0 aromatic carbocycles. The molecule has 4 rings (SSSR count). The Kier molecular flexibility index (Phi) is 3.42. The van der Waals surface area contributed by atoms with Crippen LogP contribution in [0.25, 0.3) is 5.52 Å². The van der Waals surface area contributed by atoms with Gasteiger partial charge in [-0.3, -0.25) is 9.78 Å². The van der Waals surface area contributed by atoms with Crippen LogP contribution in [0.15, 0.2) is 55.2 Å². The molecule has 0 aliphatic carbocycles. The summed E-state index contributed by atoms with van der Waals surface area (Å²) < 4.78 is 7.73. The molecule has 1 aliphatic rings. The number of likely N-dealkylation sites (tertiary alicyclic amines) is 1. The van der Waals surface area contributed by atoms with Gasteiger partial charge in [0.05, 0.1) is 18.3 Å². The molecule has 23 heavy (non-hydrogen) atoms. The van der Waals surface area contributed by atoms with Crippen molar-refractivity contribution >= 4 is 11.4 Å². The predicted octanol–water partition coefficient (Wildman–Crippen LogP) is 2.02. The Morgan fingerprint density at radius 2 is 2.26 bits per heavy atom. The Balaban J connectivity index is 1.45. The van der Waals surface area contributed by atoms with E-state index in [4.69, 9.17) is 4.74 Å². The first-order valence-corrected chi connectivity index (χ1v) is 7.58. The Labute approximate surface area is 133 Å². The third-order valence-electron chi connectivity index (χ3n) is 4.01. The van der Waals surface area contributed by atoms with Gasteiger partial charge in [-0.15, -0.1) is 0 Å². The molecule has 0 bridgehead atoms. The van der Waals surface area contributed by atoms with Gasteiger partial charge >= 0.3 is 0 Å². The molecule has 116 valence electrons. The molecular formula is C17H16N4O2. The van der Waals surface area contributed by atoms with Crippen LogP contribution in [0.2, 0.25) is 0 Å². The standard InChI is InChI=1S/C17H16N4O2/c22-17(13-9-14-3-1-2-7-20(14)11-13)21-8-4-15(12-21)23-16-10-18-5-6-19-16/h1-3,5-7,9-11,15H,4,8,12H2. The fraction of sp³-hybridized carbons (Fsp3) is 0.235. The lowest BCUT2D eigenvalue weighted by molar-refractivity contribution is 0.0771. The first-order chi connectivity index (χ1) is 11.3. The summed E-state index contributed by atoms with van der Waals surface area (Å²) in [7, 11) is 0. The number of nitrogens with zero attached hydrogens (tertiary/aromatic N) is 4. The fourth-order valence-corrected chi connectivity index (χ4v) is 2.88. The van der Waals surface area contributed by atoms with Crippen LogP contribution in [-0.4, -0.2) is 44.4 Å². The summed E-state index contributed by atoms with van der Waals surface area (Å²) in [5.74, 6) is 0.542. The smallest absolute Gasteiger partial charge is 0.255 e. The molecule has 3 aromatic heterocycles. The normalized spacial score (nSPS) is 17.6. The second-order valence-electron chi connectivity index (χ2n) is 5.58. The zero-order valence-electron chi connectivity index (χ0n) is 12.5. The van der Waals surface area contributed by atoms with E-state index in [-0.39, 0.29) is 12.0 Å². The van der Waals surface area contributed by atoms with E-state index in [0.29, 0.717) is 24.5 Å². The van der Waals surface area contributed by atoms with Crippen LogP contribution in [0.3, 0.4) is 0 Å². The number of carbonyl (C=O) groups is 1. The zero-order chi connectivity index (χ0) is 15.6. The number of fused-ring (bicyclic) bond motifs is 1. The van der Waals surface area contributed by atoms with Gasteiger partial charge in [-0.05, 0) is 18.2 Å². The van der Waals surface area contributed by atoms with Crippen LogP contribution >= 0.6 is 0 Å². The van der Waals surface area contributed by atoms with Crippen molar-refractivity contribution in [3.63, 3.8) is 0 Å². The molecule has 0 spiro atoms. The second kappa shape index (κ2) is 5.72. The Bertz CT molecular complexity index is 798. The van der Waals surface area contributed by atoms with E-state index in [1.165, 1.54) is 0 Å². The molecule has 1 atom stereocenters. The van der Waals surface area contributed by atoms with Crippen molar-refractivity contribution in [1.29, 1.82) is 0 Å². The zero-order valence-corrected chi connectivity index (χ0v) is 12.5. The number of rotatable bonds is 3. The van der Waals surface area contributed by atoms with E-state index < -0.39 is 0 Å². The van der Waals surface area contributed by atoms with Gasteiger partial charge < -0.3 is 14.0 Å². The third kappa shape index (κ3) is 2.75. The molecule has 1 aliphatic heterocycles. The number of aromatic nitrogens is 3. The first kappa shape index (κ1) is 13.8. The van der Waals surface area contributed by atoms with Crippen molar-refractivity contribution in [1.82, 2.24) is 19.3 Å². The molecule has 4 heterocycles. The van der Waals surface area contributed by atoms with Crippen LogP contribution in [0, 0.1) is 0 Å². The summed E-state index contributed by atoms with van der Waals surface area (Å²) in [6.07, 6.45) is 9.37. The minimum atomic E-state index is -0.0346. The molecule has 0 saturated carbocycles. The average molecular weight is 308 g/mol. The molecule has 0 radical (unpaired) electrons. The third-order valence-corrected chi connectivity index (χ3v) is 4.01. The van der Waals surface area contributed by atoms with E-state index in [9.17, 15) is 4.79 Å². The maximum Gasteiger partial charge on any atom is 0.255 e. The minimum absolute atomic E-state index is 0.0346. The van der Waals surface area contributed by atoms with Crippen molar-refractivity contribution in [2.45, 2.75) is 12.5 Å². The van der Waals surface area contributed by atoms with E-state index in [1.54, 1.807) is 18.6 Å². The van der Waals surface area contributed by atoms with Crippen molar-refractivity contribution < 1.29 is 9.53 Å². The SMILES string of the molecule is O=C(c1cc2ccccn2c1)N1CCC(Oc2cnccn2)C1. The van der Waals surface area contributed by atoms with E-state index in [0.717, 1.165) is 11.9 Å². The second-order valence-corrected chi connectivity index (χ2v) is 5.58. The largest absolute Gasteiger partial charge is 0.471 e. The predicted molar refractivity (Wildman–Crippen MR) is 84.4 cm³/mol. The molecule has 6 heteroatoms. The fourth-order valence-electron chi connectivity index (χ4n) is 2.88. The Hall–Kier alpha value is -2.89. The summed E-state index contributed by atoms with van der Waals surface area (Å²) >= 11 is 0. The van der Waals surface area contributed by atoms with Crippen LogP contribution in [-0.2, 0) is 0 Å². The minimum Gasteiger partial charge on any atom is -0.471 e. The Morgan fingerprint density at radius 1 is 1.30 bits per heavy atom. The van der Waals surface area contributed by atoms with Crippen molar-refractivity contribution in [2.75, 3.05) is 13.1 Å². The average Bonchev–Trinajstić information content (AvgIpc) is 3.21. The summed E-state index contributed by atoms with van der Waals surface area (Å²) in [4.78, 5) is 22.6. The van der Waals surface area contributed by atoms with Crippen LogP contribution < -0.4 is 4.74 Å². The van der Waals surface area contributed by atoms with Gasteiger partial charge in [-0.25, -0.2) is 4.98 Å². The van der Waals surface area contributed by atoms with Crippen molar-refractivity contribution in [3.8, 4) is 5.88 Å². The van der Waals surface area contributed by atoms with Gasteiger partial charge in [0.25, 0.3) is 5.91 Å². The number of carbonyl (C=O) groups excluding carboxylic acids is 1. The van der Waals surface area contributed by atoms with E-state index in [1.807, 2.05) is 46.0 Å². The summed E-state index contributed by atoms with van der Waals surface area (Å²) in [5.41, 5.74) is 1.72. The van der Waals surface area contributed by atoms with Gasteiger partial charge in [-0.1, -0.05) is 6.07 Å². The lowest BCUT2D eigenvalue weighted by Crippen LogP contribution is -2.30. The molecular weight excluding hydrogens is 292 g/mol. The monoisotopic (exact) mass is 308 g/mol. The first-order valence-electron chi connectivity index (χ1n) is 7.58. The summed E-state index contributed by atoms with van der Waals surface area (Å²) in [6.45, 7) is 1.26. The molecule has 3 aromatic rings. The van der Waals surface area contributed by atoms with Gasteiger partial charge in [0.15, 0.2) is 0 Å². The number of hydrogen-bond donors (Lipinski definition) is 0. The lowest BCUT2D eigenvalue weighted by Gasteiger charge is -2.16. The molecule has 1 unspecified atom stereocenters. The molecule has 6 nitrogen and oxygen atoms in total. The van der Waals surface area contributed by atoms with Crippen LogP contribution in [0.4, 0.5) is 0 Å². The number of ether oxygens (including phenoxy) is 1. The van der Waals surface area contributed by atoms with Gasteiger partial charge in [0, 0.05) is 43.3 Å². The van der Waals surface area contributed by atoms with Crippen molar-refractivity contribution in [2.24, 2.45) is 0 Å². The maximum atomic E-state index is 12.6. The summed E-state index contributed by atoms with van der Waals surface area (Å²) in [5, 5.41) is 0. The molecule has 1 fully saturated rings. The van der Waals surface area contributed by atoms with Gasteiger partial charge in [0.2, 0.25) is 5.88 Å². The number of pyridine rings is 1. The van der Waals surface area contributed by atoms with E-state index in [2.05, 4.69) is 9.97 Å². The lowest BCUT2D eigenvalue weighted by atomic mass is 10.3. The highest BCUT2D eigenvalue weighted by Crippen LogP contribution is 2.19. The highest BCUT2D eigenvalue weighted by Gasteiger charge is 2.29. The highest BCUT2D eigenvalue weighted by atomic mass is 16.5. The molecule has 1 saturated heterocycles. The quantitative estimate of drug-likeness (QED) is 0.743. The molecule has 1 amide bonds. The maximum absolute atomic E-state index is 12.6. The van der Waals surface area contributed by atoms with Gasteiger partial charge in [0.1, 0.15) is 6.10 Å². The number of amides is 1. The highest BCUT2D eigenvalue weighted by molar-refractivity contribution is 5.95. The van der Waals surface area contributed by atoms with Crippen molar-refractivity contribution in [3.05, 3.63) is 60.8 Å². The summed E-state index contributed by atoms with van der Waals surface area (Å²) in [6, 6.07) is 7.81. The van der Waals surface area contributed by atoms with Crippen LogP contribution in [0.1, 0.15) is 16.8 Å². The van der Waals surface area contributed by atoms with Crippen LogP contribution in [0.5, 0.6) is 5.88 Å². The Morgan fingerprint density at radius 3 is 3.09 bits per heavy atom. The van der Waals surface area contributed by atoms with Gasteiger partial charge in [-0.2, -0.15) is 0 Å². The molecule has 0 N–H and O–H groups in total. The topological polar surface area (TPSA) is 59.7 Å².